The van der Waals surface area contributed by atoms with Crippen LogP contribution in [-0.4, -0.2) is 24.8 Å². The number of aryl methyl sites for hydroxylation is 2. The number of halogens is 2. The zero-order chi connectivity index (χ0) is 19.8. The summed E-state index contributed by atoms with van der Waals surface area (Å²) in [6.45, 7) is 2.32. The Morgan fingerprint density at radius 2 is 1.85 bits per heavy atom. The second-order valence-corrected chi connectivity index (χ2v) is 5.63. The van der Waals surface area contributed by atoms with E-state index in [0.717, 1.165) is 12.1 Å². The zero-order valence-electron chi connectivity index (χ0n) is 14.1. The lowest BCUT2D eigenvalue weighted by Crippen LogP contribution is -2.25. The van der Waals surface area contributed by atoms with Gasteiger partial charge < -0.3 is 23.9 Å². The van der Waals surface area contributed by atoms with Gasteiger partial charge in [-0.15, -0.1) is 8.78 Å². The van der Waals surface area contributed by atoms with E-state index < -0.39 is 30.4 Å². The minimum atomic E-state index is -3.76. The Balaban J connectivity index is 1.61. The molecule has 1 N–H and O–H groups in total. The van der Waals surface area contributed by atoms with Crippen molar-refractivity contribution in [2.75, 3.05) is 11.9 Å². The summed E-state index contributed by atoms with van der Waals surface area (Å²) in [4.78, 5) is 35.2. The Bertz CT molecular complexity index is 957. The summed E-state index contributed by atoms with van der Waals surface area (Å²) in [6, 6.07) is 4.81. The summed E-state index contributed by atoms with van der Waals surface area (Å²) in [7, 11) is 0. The highest BCUT2D eigenvalue weighted by molar-refractivity contribution is 5.96. The number of carbonyl (C=O) groups excluding carboxylic acids is 2. The summed E-state index contributed by atoms with van der Waals surface area (Å²) in [5.41, 5.74) is -0.0552. The minimum Gasteiger partial charge on any atom is -0.452 e. The third-order valence-electron chi connectivity index (χ3n) is 3.56. The molecular weight excluding hydrogens is 368 g/mol. The number of benzene rings is 1. The summed E-state index contributed by atoms with van der Waals surface area (Å²) in [6.07, 6.45) is -3.76. The maximum atomic E-state index is 13.0. The maximum absolute atomic E-state index is 13.0. The van der Waals surface area contributed by atoms with E-state index in [-0.39, 0.29) is 28.5 Å². The van der Waals surface area contributed by atoms with Crippen LogP contribution in [-0.2, 0) is 9.53 Å². The molecule has 1 aliphatic rings. The standard InChI is InChI=1S/C17H13F2NO7/c1-8-5-14(22)25-9(2)15(8)16(23)24-7-13(21)20-10-3-4-11-12(6-10)27-17(18,19)26-11/h3-6H,7H2,1-2H3,(H,20,21). The molecule has 2 heterocycles. The number of hydrogen-bond acceptors (Lipinski definition) is 7. The van der Waals surface area contributed by atoms with E-state index in [1.807, 2.05) is 0 Å². The van der Waals surface area contributed by atoms with Gasteiger partial charge in [0.15, 0.2) is 18.1 Å². The van der Waals surface area contributed by atoms with Crippen molar-refractivity contribution in [3.63, 3.8) is 0 Å². The average Bonchev–Trinajstić information content (AvgIpc) is 2.85. The molecule has 0 spiro atoms. The molecule has 10 heteroatoms. The van der Waals surface area contributed by atoms with Gasteiger partial charge in [-0.1, -0.05) is 0 Å². The van der Waals surface area contributed by atoms with Crippen LogP contribution in [0.15, 0.2) is 33.5 Å². The number of carbonyl (C=O) groups is 2. The number of alkyl halides is 2. The van der Waals surface area contributed by atoms with Crippen LogP contribution in [0.5, 0.6) is 11.5 Å². The summed E-state index contributed by atoms with van der Waals surface area (Å²) < 4.78 is 44.2. The number of rotatable bonds is 4. The van der Waals surface area contributed by atoms with Gasteiger partial charge in [0, 0.05) is 17.8 Å². The van der Waals surface area contributed by atoms with Gasteiger partial charge in [0.1, 0.15) is 11.3 Å². The van der Waals surface area contributed by atoms with Crippen molar-refractivity contribution in [2.45, 2.75) is 20.1 Å². The van der Waals surface area contributed by atoms with Crippen LogP contribution < -0.4 is 20.4 Å². The Morgan fingerprint density at radius 3 is 2.56 bits per heavy atom. The molecule has 0 unspecified atom stereocenters. The lowest BCUT2D eigenvalue weighted by Gasteiger charge is -2.09. The van der Waals surface area contributed by atoms with Crippen molar-refractivity contribution >= 4 is 17.6 Å². The lowest BCUT2D eigenvalue weighted by molar-refractivity contribution is -0.286. The van der Waals surface area contributed by atoms with E-state index in [4.69, 9.17) is 9.15 Å². The molecule has 0 bridgehead atoms. The van der Waals surface area contributed by atoms with Gasteiger partial charge in [0.2, 0.25) is 0 Å². The van der Waals surface area contributed by atoms with Crippen LogP contribution >= 0.6 is 0 Å². The first-order valence-electron chi connectivity index (χ1n) is 7.63. The smallest absolute Gasteiger partial charge is 0.452 e. The number of nitrogens with one attached hydrogen (secondary N) is 1. The van der Waals surface area contributed by atoms with Crippen molar-refractivity contribution < 1.29 is 37.0 Å². The molecule has 1 aliphatic heterocycles. The van der Waals surface area contributed by atoms with Crippen molar-refractivity contribution in [3.8, 4) is 11.5 Å². The third kappa shape index (κ3) is 4.05. The van der Waals surface area contributed by atoms with Gasteiger partial charge in [-0.2, -0.15) is 0 Å². The predicted octanol–water partition coefficient (Wildman–Crippen LogP) is 2.37. The molecule has 0 atom stereocenters. The second kappa shape index (κ2) is 6.71. The molecule has 2 aromatic rings. The zero-order valence-corrected chi connectivity index (χ0v) is 14.1. The van der Waals surface area contributed by atoms with E-state index in [0.29, 0.717) is 5.56 Å². The topological polar surface area (TPSA) is 104 Å². The fraction of sp³-hybridized carbons (Fsp3) is 0.235. The van der Waals surface area contributed by atoms with Crippen LogP contribution in [0, 0.1) is 13.8 Å². The van der Waals surface area contributed by atoms with Crippen LogP contribution in [0.25, 0.3) is 0 Å². The molecule has 0 radical (unpaired) electrons. The molecule has 1 amide bonds. The monoisotopic (exact) mass is 381 g/mol. The Hall–Kier alpha value is -3.43. The molecule has 142 valence electrons. The van der Waals surface area contributed by atoms with E-state index in [1.54, 1.807) is 0 Å². The molecule has 3 rings (SSSR count). The molecule has 1 aromatic carbocycles. The van der Waals surface area contributed by atoms with Crippen LogP contribution in [0.4, 0.5) is 14.5 Å². The highest BCUT2D eigenvalue weighted by Gasteiger charge is 2.43. The van der Waals surface area contributed by atoms with Crippen molar-refractivity contribution in [1.82, 2.24) is 0 Å². The third-order valence-corrected chi connectivity index (χ3v) is 3.56. The first kappa shape index (κ1) is 18.4. The molecular formula is C17H13F2NO7. The van der Waals surface area contributed by atoms with Crippen molar-refractivity contribution in [3.05, 3.63) is 51.6 Å². The molecule has 0 aliphatic carbocycles. The summed E-state index contributed by atoms with van der Waals surface area (Å²) in [5.74, 6) is -1.88. The van der Waals surface area contributed by atoms with Gasteiger partial charge in [-0.3, -0.25) is 4.79 Å². The Kier molecular flexibility index (Phi) is 4.56. The van der Waals surface area contributed by atoms with Crippen molar-refractivity contribution in [2.24, 2.45) is 0 Å². The molecule has 0 saturated heterocycles. The van der Waals surface area contributed by atoms with Gasteiger partial charge >= 0.3 is 17.9 Å². The molecule has 8 nitrogen and oxygen atoms in total. The lowest BCUT2D eigenvalue weighted by atomic mass is 10.1. The predicted molar refractivity (Wildman–Crippen MR) is 86.0 cm³/mol. The Morgan fingerprint density at radius 1 is 1.15 bits per heavy atom. The number of amides is 1. The van der Waals surface area contributed by atoms with Gasteiger partial charge in [0.25, 0.3) is 5.91 Å². The fourth-order valence-corrected chi connectivity index (χ4v) is 2.49. The van der Waals surface area contributed by atoms with E-state index in [1.165, 1.54) is 26.0 Å². The number of hydrogen-bond donors (Lipinski definition) is 1. The van der Waals surface area contributed by atoms with E-state index >= 15 is 0 Å². The minimum absolute atomic E-state index is 0.0488. The molecule has 1 aromatic heterocycles. The highest BCUT2D eigenvalue weighted by Crippen LogP contribution is 2.42. The van der Waals surface area contributed by atoms with Crippen LogP contribution in [0.1, 0.15) is 21.7 Å². The normalized spacial score (nSPS) is 13.9. The van der Waals surface area contributed by atoms with Gasteiger partial charge in [-0.05, 0) is 31.5 Å². The largest absolute Gasteiger partial charge is 0.586 e. The first-order valence-corrected chi connectivity index (χ1v) is 7.63. The summed E-state index contributed by atoms with van der Waals surface area (Å²) >= 11 is 0. The second-order valence-electron chi connectivity index (χ2n) is 5.63. The molecule has 0 saturated carbocycles. The number of ether oxygens (including phenoxy) is 3. The Labute approximate surface area is 150 Å². The number of fused-ring (bicyclic) bond motifs is 1. The quantitative estimate of drug-likeness (QED) is 0.811. The maximum Gasteiger partial charge on any atom is 0.586 e. The van der Waals surface area contributed by atoms with Gasteiger partial charge in [-0.25, -0.2) is 9.59 Å². The highest BCUT2D eigenvalue weighted by atomic mass is 19.3. The van der Waals surface area contributed by atoms with E-state index in [2.05, 4.69) is 14.8 Å². The summed E-state index contributed by atoms with van der Waals surface area (Å²) in [5, 5.41) is 2.37. The van der Waals surface area contributed by atoms with E-state index in [9.17, 15) is 23.2 Å². The average molecular weight is 381 g/mol. The van der Waals surface area contributed by atoms with Gasteiger partial charge in [0.05, 0.1) is 0 Å². The van der Waals surface area contributed by atoms with Crippen molar-refractivity contribution in [1.29, 1.82) is 0 Å². The number of anilines is 1. The van der Waals surface area contributed by atoms with Crippen LogP contribution in [0.2, 0.25) is 0 Å². The first-order chi connectivity index (χ1) is 12.6. The molecule has 27 heavy (non-hydrogen) atoms. The molecule has 0 fully saturated rings. The van der Waals surface area contributed by atoms with Crippen LogP contribution in [0.3, 0.4) is 0 Å². The SMILES string of the molecule is Cc1cc(=O)oc(C)c1C(=O)OCC(=O)Nc1ccc2c(c1)OC(F)(F)O2. The number of esters is 1. The fourth-order valence-electron chi connectivity index (χ4n) is 2.49.